The Bertz CT molecular complexity index is 967. The van der Waals surface area contributed by atoms with Gasteiger partial charge in [-0.05, 0) is 59.0 Å². The lowest BCUT2D eigenvalue weighted by Crippen LogP contribution is -2.00. The van der Waals surface area contributed by atoms with E-state index >= 15 is 0 Å². The van der Waals surface area contributed by atoms with Crippen molar-refractivity contribution in [2.24, 2.45) is 0 Å². The average Bonchev–Trinajstić information content (AvgIpc) is 3.32. The molecule has 0 aliphatic carbocycles. The van der Waals surface area contributed by atoms with Crippen molar-refractivity contribution >= 4 is 34.4 Å². The SMILES string of the molecule is Cc1cc(C)cc(-n2nnnc2SCc2csc(-c3ccsc3)n2)c1. The number of thiazole rings is 1. The lowest BCUT2D eigenvalue weighted by atomic mass is 10.1. The van der Waals surface area contributed by atoms with Crippen LogP contribution in [0.5, 0.6) is 0 Å². The number of thiophene rings is 1. The third kappa shape index (κ3) is 3.65. The number of nitrogens with zero attached hydrogens (tertiary/aromatic N) is 5. The van der Waals surface area contributed by atoms with Crippen LogP contribution in [0, 0.1) is 13.8 Å². The van der Waals surface area contributed by atoms with E-state index in [1.807, 2.05) is 0 Å². The van der Waals surface area contributed by atoms with Crippen LogP contribution in [0.4, 0.5) is 0 Å². The first-order chi connectivity index (χ1) is 12.2. The second kappa shape index (κ2) is 7.07. The van der Waals surface area contributed by atoms with E-state index in [1.165, 1.54) is 16.7 Å². The van der Waals surface area contributed by atoms with E-state index in [2.05, 4.69) is 69.8 Å². The normalized spacial score (nSPS) is 11.1. The molecule has 4 rings (SSSR count). The minimum Gasteiger partial charge on any atom is -0.240 e. The van der Waals surface area contributed by atoms with Gasteiger partial charge in [0.05, 0.1) is 11.4 Å². The summed E-state index contributed by atoms with van der Waals surface area (Å²) in [6, 6.07) is 8.42. The molecule has 0 radical (unpaired) electrons. The maximum absolute atomic E-state index is 4.71. The van der Waals surface area contributed by atoms with Gasteiger partial charge in [-0.1, -0.05) is 17.8 Å². The molecule has 8 heteroatoms. The van der Waals surface area contributed by atoms with Crippen LogP contribution in [0.3, 0.4) is 0 Å². The lowest BCUT2D eigenvalue weighted by Gasteiger charge is -2.06. The summed E-state index contributed by atoms with van der Waals surface area (Å²) in [6.45, 7) is 4.16. The maximum Gasteiger partial charge on any atom is 0.214 e. The Hall–Kier alpha value is -2.03. The van der Waals surface area contributed by atoms with Crippen LogP contribution in [0.25, 0.3) is 16.3 Å². The standard InChI is InChI=1S/C17H15N5S3/c1-11-5-12(2)7-15(6-11)22-17(19-20-21-22)25-10-14-9-24-16(18-14)13-3-4-23-8-13/h3-9H,10H2,1-2H3. The summed E-state index contributed by atoms with van der Waals surface area (Å²) in [5.41, 5.74) is 5.61. The van der Waals surface area contributed by atoms with Gasteiger partial charge in [-0.25, -0.2) is 4.98 Å². The molecule has 3 heterocycles. The summed E-state index contributed by atoms with van der Waals surface area (Å²) >= 11 is 4.96. The number of aryl methyl sites for hydroxylation is 2. The monoisotopic (exact) mass is 385 g/mol. The summed E-state index contributed by atoms with van der Waals surface area (Å²) in [5.74, 6) is 0.742. The molecule has 0 atom stereocenters. The molecular formula is C17H15N5S3. The van der Waals surface area contributed by atoms with Gasteiger partial charge in [-0.15, -0.1) is 16.4 Å². The minimum atomic E-state index is 0.742. The quantitative estimate of drug-likeness (QED) is 0.464. The molecule has 0 aliphatic rings. The summed E-state index contributed by atoms with van der Waals surface area (Å²) < 4.78 is 1.79. The van der Waals surface area contributed by atoms with Gasteiger partial charge >= 0.3 is 0 Å². The Morgan fingerprint density at radius 2 is 1.96 bits per heavy atom. The topological polar surface area (TPSA) is 56.5 Å². The number of hydrogen-bond acceptors (Lipinski definition) is 7. The van der Waals surface area contributed by atoms with Crippen LogP contribution < -0.4 is 0 Å². The molecule has 5 nitrogen and oxygen atoms in total. The minimum absolute atomic E-state index is 0.742. The Balaban J connectivity index is 1.52. The van der Waals surface area contributed by atoms with Crippen molar-refractivity contribution < 1.29 is 0 Å². The van der Waals surface area contributed by atoms with Crippen molar-refractivity contribution in [1.29, 1.82) is 0 Å². The zero-order valence-corrected chi connectivity index (χ0v) is 16.2. The van der Waals surface area contributed by atoms with E-state index in [4.69, 9.17) is 4.98 Å². The van der Waals surface area contributed by atoms with Crippen molar-refractivity contribution in [3.63, 3.8) is 0 Å². The van der Waals surface area contributed by atoms with Crippen molar-refractivity contribution in [1.82, 2.24) is 25.2 Å². The molecule has 0 amide bonds. The van der Waals surface area contributed by atoms with E-state index in [0.717, 1.165) is 27.3 Å². The third-order valence-electron chi connectivity index (χ3n) is 3.56. The molecule has 126 valence electrons. The highest BCUT2D eigenvalue weighted by Gasteiger charge is 2.12. The van der Waals surface area contributed by atoms with Gasteiger partial charge in [0, 0.05) is 22.1 Å². The third-order valence-corrected chi connectivity index (χ3v) is 6.14. The largest absolute Gasteiger partial charge is 0.240 e. The number of hydrogen-bond donors (Lipinski definition) is 0. The van der Waals surface area contributed by atoms with Gasteiger partial charge < -0.3 is 0 Å². The lowest BCUT2D eigenvalue weighted by molar-refractivity contribution is 0.755. The fourth-order valence-electron chi connectivity index (χ4n) is 2.53. The number of thioether (sulfide) groups is 1. The Labute approximate surface area is 157 Å². The zero-order valence-electron chi connectivity index (χ0n) is 13.7. The van der Waals surface area contributed by atoms with Crippen LogP contribution in [-0.2, 0) is 5.75 Å². The second-order valence-corrected chi connectivity index (χ2v) is 8.24. The van der Waals surface area contributed by atoms with Gasteiger partial charge in [0.15, 0.2) is 0 Å². The number of tetrazole rings is 1. The first-order valence-electron chi connectivity index (χ1n) is 7.66. The van der Waals surface area contributed by atoms with Crippen LogP contribution in [-0.4, -0.2) is 25.2 Å². The summed E-state index contributed by atoms with van der Waals surface area (Å²) in [7, 11) is 0. The molecule has 0 aliphatic heterocycles. The molecule has 1 aromatic carbocycles. The molecule has 0 fully saturated rings. The Morgan fingerprint density at radius 1 is 1.12 bits per heavy atom. The average molecular weight is 386 g/mol. The van der Waals surface area contributed by atoms with Crippen LogP contribution in [0.2, 0.25) is 0 Å². The van der Waals surface area contributed by atoms with Crippen LogP contribution in [0.15, 0.2) is 45.6 Å². The van der Waals surface area contributed by atoms with Gasteiger partial charge in [0.1, 0.15) is 5.01 Å². The highest BCUT2D eigenvalue weighted by molar-refractivity contribution is 7.98. The number of aromatic nitrogens is 5. The second-order valence-electron chi connectivity index (χ2n) is 5.66. The first kappa shape index (κ1) is 16.4. The molecule has 25 heavy (non-hydrogen) atoms. The summed E-state index contributed by atoms with van der Waals surface area (Å²) in [4.78, 5) is 4.71. The smallest absolute Gasteiger partial charge is 0.214 e. The zero-order chi connectivity index (χ0) is 17.2. The summed E-state index contributed by atoms with van der Waals surface area (Å²) in [5, 5.41) is 20.3. The van der Waals surface area contributed by atoms with Gasteiger partial charge in [0.25, 0.3) is 0 Å². The van der Waals surface area contributed by atoms with Crippen molar-refractivity contribution in [3.8, 4) is 16.3 Å². The highest BCUT2D eigenvalue weighted by Crippen LogP contribution is 2.29. The van der Waals surface area contributed by atoms with E-state index < -0.39 is 0 Å². The molecule has 3 aromatic heterocycles. The fourth-order valence-corrected chi connectivity index (χ4v) is 4.96. The van der Waals surface area contributed by atoms with E-state index in [-0.39, 0.29) is 0 Å². The molecule has 0 spiro atoms. The first-order valence-corrected chi connectivity index (χ1v) is 10.5. The molecule has 0 unspecified atom stereocenters. The highest BCUT2D eigenvalue weighted by atomic mass is 32.2. The fraction of sp³-hybridized carbons (Fsp3) is 0.176. The van der Waals surface area contributed by atoms with E-state index in [0.29, 0.717) is 0 Å². The van der Waals surface area contributed by atoms with Gasteiger partial charge in [-0.2, -0.15) is 16.0 Å². The number of benzene rings is 1. The predicted molar refractivity (Wildman–Crippen MR) is 104 cm³/mol. The molecule has 0 saturated carbocycles. The molecule has 0 saturated heterocycles. The Morgan fingerprint density at radius 3 is 2.72 bits per heavy atom. The Kier molecular flexibility index (Phi) is 4.65. The van der Waals surface area contributed by atoms with Crippen molar-refractivity contribution in [3.05, 3.63) is 57.2 Å². The van der Waals surface area contributed by atoms with Crippen molar-refractivity contribution in [2.45, 2.75) is 24.8 Å². The predicted octanol–water partition coefficient (Wildman–Crippen LogP) is 4.76. The molecular weight excluding hydrogens is 370 g/mol. The molecule has 0 bridgehead atoms. The summed E-state index contributed by atoms with van der Waals surface area (Å²) in [6.07, 6.45) is 0. The molecule has 4 aromatic rings. The molecule has 0 N–H and O–H groups in total. The number of rotatable bonds is 5. The van der Waals surface area contributed by atoms with Gasteiger partial charge in [0.2, 0.25) is 5.16 Å². The van der Waals surface area contributed by atoms with Gasteiger partial charge in [-0.3, -0.25) is 0 Å². The van der Waals surface area contributed by atoms with Crippen molar-refractivity contribution in [2.75, 3.05) is 0 Å². The maximum atomic E-state index is 4.71. The van der Waals surface area contributed by atoms with E-state index in [1.54, 1.807) is 39.1 Å². The van der Waals surface area contributed by atoms with Crippen LogP contribution in [0.1, 0.15) is 16.8 Å². The van der Waals surface area contributed by atoms with Crippen LogP contribution >= 0.6 is 34.4 Å². The van der Waals surface area contributed by atoms with E-state index in [9.17, 15) is 0 Å².